The molecule has 1 aliphatic rings. The van der Waals surface area contributed by atoms with E-state index in [0.717, 1.165) is 22.7 Å². The van der Waals surface area contributed by atoms with Crippen molar-refractivity contribution in [2.45, 2.75) is 12.8 Å². The van der Waals surface area contributed by atoms with Crippen LogP contribution in [0.3, 0.4) is 0 Å². The quantitative estimate of drug-likeness (QED) is 0.250. The Morgan fingerprint density at radius 3 is 2.59 bits per heavy atom. The highest BCUT2D eigenvalue weighted by atomic mass is 79.9. The monoisotopic (exact) mass is 512 g/mol. The summed E-state index contributed by atoms with van der Waals surface area (Å²) in [6, 6.07) is 8.68. The topological polar surface area (TPSA) is 73.6 Å². The summed E-state index contributed by atoms with van der Waals surface area (Å²) in [4.78, 5) is 33.1. The fourth-order valence-electron chi connectivity index (χ4n) is 2.51. The summed E-state index contributed by atoms with van der Waals surface area (Å²) in [5.74, 6) is 0.487. The van der Waals surface area contributed by atoms with E-state index in [1.165, 1.54) is 0 Å². The normalized spacial score (nSPS) is 12.6. The molecule has 1 aliphatic heterocycles. The Morgan fingerprint density at radius 2 is 1.85 bits per heavy atom. The number of hydrogen-bond donors (Lipinski definition) is 0. The maximum absolute atomic E-state index is 11.7. The highest BCUT2D eigenvalue weighted by Gasteiger charge is 2.16. The van der Waals surface area contributed by atoms with Gasteiger partial charge in [-0.1, -0.05) is 27.5 Å². The zero-order valence-corrected chi connectivity index (χ0v) is 17.6. The second-order valence-corrected chi connectivity index (χ2v) is 7.83. The van der Waals surface area contributed by atoms with Crippen LogP contribution in [-0.2, 0) is 11.2 Å². The molecular formula is C19H11Br2ClO5. The van der Waals surface area contributed by atoms with E-state index < -0.39 is 0 Å². The van der Waals surface area contributed by atoms with E-state index in [1.54, 1.807) is 24.3 Å². The molecule has 2 aromatic carbocycles. The Kier molecular flexibility index (Phi) is 6.14. The van der Waals surface area contributed by atoms with Crippen molar-refractivity contribution in [1.29, 1.82) is 0 Å². The molecule has 1 aromatic heterocycles. The summed E-state index contributed by atoms with van der Waals surface area (Å²) in [7, 11) is 0. The number of aldehydes is 1. The Balaban J connectivity index is 0.000000159. The lowest BCUT2D eigenvalue weighted by molar-refractivity contribution is -0.135. The predicted molar refractivity (Wildman–Crippen MR) is 109 cm³/mol. The SMILES string of the molecule is O=C1CCc2cc(Cl)ccc2O1.O=Cc1coc2c(Br)cc(Br)cc2c1=O. The first-order valence-electron chi connectivity index (χ1n) is 7.74. The number of esters is 1. The third kappa shape index (κ3) is 4.48. The molecule has 138 valence electrons. The number of fused-ring (bicyclic) bond motifs is 2. The van der Waals surface area contributed by atoms with Crippen LogP contribution in [0.5, 0.6) is 5.75 Å². The van der Waals surface area contributed by atoms with E-state index in [0.29, 0.717) is 38.9 Å². The largest absolute Gasteiger partial charge is 0.462 e. The number of halogens is 3. The van der Waals surface area contributed by atoms with Crippen LogP contribution in [0.2, 0.25) is 5.02 Å². The summed E-state index contributed by atoms with van der Waals surface area (Å²) in [6.07, 6.45) is 2.83. The molecule has 8 heteroatoms. The van der Waals surface area contributed by atoms with Crippen LogP contribution in [0.25, 0.3) is 11.0 Å². The summed E-state index contributed by atoms with van der Waals surface area (Å²) in [6.45, 7) is 0. The van der Waals surface area contributed by atoms with E-state index in [1.807, 2.05) is 6.07 Å². The van der Waals surface area contributed by atoms with Crippen LogP contribution in [0.15, 0.2) is 54.8 Å². The van der Waals surface area contributed by atoms with Gasteiger partial charge < -0.3 is 9.15 Å². The molecule has 2 heterocycles. The fraction of sp³-hybridized carbons (Fsp3) is 0.105. The number of benzene rings is 2. The second kappa shape index (κ2) is 8.37. The smallest absolute Gasteiger partial charge is 0.311 e. The molecule has 0 unspecified atom stereocenters. The van der Waals surface area contributed by atoms with Gasteiger partial charge in [0.15, 0.2) is 11.9 Å². The van der Waals surface area contributed by atoms with E-state index in [2.05, 4.69) is 31.9 Å². The van der Waals surface area contributed by atoms with Crippen molar-refractivity contribution in [3.05, 3.63) is 71.9 Å². The summed E-state index contributed by atoms with van der Waals surface area (Å²) < 4.78 is 11.6. The Labute approximate surface area is 175 Å². The lowest BCUT2D eigenvalue weighted by Gasteiger charge is -2.14. The molecule has 0 aliphatic carbocycles. The lowest BCUT2D eigenvalue weighted by atomic mass is 10.1. The maximum atomic E-state index is 11.7. The summed E-state index contributed by atoms with van der Waals surface area (Å²) in [5.41, 5.74) is 1.15. The standard InChI is InChI=1S/C10H4Br2O3.C9H7ClO2/c11-6-1-7-9(14)5(3-13)4-15-10(7)8(12)2-6;10-7-2-3-8-6(5-7)1-4-9(11)12-8/h1-4H;2-3,5H,1,4H2. The molecular weight excluding hydrogens is 503 g/mol. The average molecular weight is 515 g/mol. The lowest BCUT2D eigenvalue weighted by Crippen LogP contribution is -2.15. The highest BCUT2D eigenvalue weighted by Crippen LogP contribution is 2.28. The number of carbonyl (C=O) groups is 2. The number of aryl methyl sites for hydroxylation is 1. The van der Waals surface area contributed by atoms with E-state index >= 15 is 0 Å². The third-order valence-corrected chi connectivity index (χ3v) is 5.07. The van der Waals surface area contributed by atoms with E-state index in [4.69, 9.17) is 20.8 Å². The molecule has 0 bridgehead atoms. The number of ether oxygens (including phenoxy) is 1. The average Bonchev–Trinajstić information content (AvgIpc) is 2.63. The number of carbonyl (C=O) groups excluding carboxylic acids is 2. The second-order valence-electron chi connectivity index (χ2n) is 5.63. The van der Waals surface area contributed by atoms with Crippen molar-refractivity contribution in [3.8, 4) is 5.75 Å². The molecule has 0 saturated heterocycles. The van der Waals surface area contributed by atoms with Gasteiger partial charge >= 0.3 is 5.97 Å². The predicted octanol–water partition coefficient (Wildman–Crippen LogP) is 5.32. The first-order chi connectivity index (χ1) is 12.9. The minimum absolute atomic E-state index is 0.0208. The van der Waals surface area contributed by atoms with Gasteiger partial charge in [0.1, 0.15) is 12.0 Å². The Morgan fingerprint density at radius 1 is 1.07 bits per heavy atom. The molecule has 0 radical (unpaired) electrons. The van der Waals surface area contributed by atoms with Crippen molar-refractivity contribution in [3.63, 3.8) is 0 Å². The number of rotatable bonds is 1. The van der Waals surface area contributed by atoms with Crippen LogP contribution in [-0.4, -0.2) is 12.3 Å². The van der Waals surface area contributed by atoms with Gasteiger partial charge in [-0.15, -0.1) is 0 Å². The molecule has 5 nitrogen and oxygen atoms in total. The van der Waals surface area contributed by atoms with Gasteiger partial charge in [0, 0.05) is 9.50 Å². The molecule has 3 aromatic rings. The molecule has 0 saturated carbocycles. The number of hydrogen-bond acceptors (Lipinski definition) is 5. The van der Waals surface area contributed by atoms with Crippen LogP contribution < -0.4 is 10.2 Å². The van der Waals surface area contributed by atoms with Crippen LogP contribution in [0.4, 0.5) is 0 Å². The highest BCUT2D eigenvalue weighted by molar-refractivity contribution is 9.11. The van der Waals surface area contributed by atoms with Gasteiger partial charge in [0.2, 0.25) is 5.43 Å². The third-order valence-electron chi connectivity index (χ3n) is 3.79. The van der Waals surface area contributed by atoms with E-state index in [9.17, 15) is 14.4 Å². The maximum Gasteiger partial charge on any atom is 0.311 e. The van der Waals surface area contributed by atoms with Crippen molar-refractivity contribution in [1.82, 2.24) is 0 Å². The van der Waals surface area contributed by atoms with Crippen molar-refractivity contribution >= 4 is 66.7 Å². The summed E-state index contributed by atoms with van der Waals surface area (Å²) >= 11 is 12.3. The van der Waals surface area contributed by atoms with E-state index in [-0.39, 0.29) is 17.0 Å². The molecule has 27 heavy (non-hydrogen) atoms. The molecule has 0 atom stereocenters. The molecule has 0 amide bonds. The Bertz CT molecular complexity index is 1110. The van der Waals surface area contributed by atoms with Crippen molar-refractivity contribution in [2.24, 2.45) is 0 Å². The Hall–Kier alpha value is -1.96. The molecule has 0 N–H and O–H groups in total. The molecule has 0 fully saturated rings. The van der Waals surface area contributed by atoms with Crippen LogP contribution >= 0.6 is 43.5 Å². The minimum Gasteiger partial charge on any atom is -0.462 e. The van der Waals surface area contributed by atoms with Crippen molar-refractivity contribution in [2.75, 3.05) is 0 Å². The molecule has 0 spiro atoms. The summed E-state index contributed by atoms with van der Waals surface area (Å²) in [5, 5.41) is 1.06. The first-order valence-corrected chi connectivity index (χ1v) is 9.70. The molecule has 4 rings (SSSR count). The minimum atomic E-state index is -0.326. The van der Waals surface area contributed by atoms with Gasteiger partial charge in [-0.05, 0) is 58.2 Å². The van der Waals surface area contributed by atoms with Crippen molar-refractivity contribution < 1.29 is 18.7 Å². The van der Waals surface area contributed by atoms with Crippen LogP contribution in [0.1, 0.15) is 22.3 Å². The van der Waals surface area contributed by atoms with Gasteiger partial charge in [0.05, 0.1) is 21.8 Å². The van der Waals surface area contributed by atoms with Gasteiger partial charge in [0.25, 0.3) is 0 Å². The zero-order chi connectivity index (χ0) is 19.6. The van der Waals surface area contributed by atoms with Crippen LogP contribution in [0, 0.1) is 0 Å². The fourth-order valence-corrected chi connectivity index (χ4v) is 4.03. The first kappa shape index (κ1) is 19.8. The van der Waals surface area contributed by atoms with Gasteiger partial charge in [-0.2, -0.15) is 0 Å². The van der Waals surface area contributed by atoms with Gasteiger partial charge in [-0.3, -0.25) is 14.4 Å². The zero-order valence-electron chi connectivity index (χ0n) is 13.6. The van der Waals surface area contributed by atoms with Gasteiger partial charge in [-0.25, -0.2) is 0 Å².